The molecular weight excluding hydrogens is 404 g/mol. The number of carbonyl (C=O) groups is 1. The van der Waals surface area contributed by atoms with E-state index >= 15 is 0 Å². The molecule has 1 saturated carbocycles. The van der Waals surface area contributed by atoms with Crippen molar-refractivity contribution in [2.24, 2.45) is 7.05 Å². The molecule has 4 aromatic rings. The largest absolute Gasteiger partial charge is 0.376 e. The van der Waals surface area contributed by atoms with Crippen LogP contribution < -0.4 is 10.9 Å². The summed E-state index contributed by atoms with van der Waals surface area (Å²) >= 11 is 0. The maximum atomic E-state index is 12.9. The van der Waals surface area contributed by atoms with Gasteiger partial charge in [0, 0.05) is 30.4 Å². The number of H-pyrrole nitrogens is 1. The summed E-state index contributed by atoms with van der Waals surface area (Å²) in [5.74, 6) is 0.206. The van der Waals surface area contributed by atoms with Gasteiger partial charge < -0.3 is 20.0 Å². The van der Waals surface area contributed by atoms with Gasteiger partial charge in [0.2, 0.25) is 0 Å². The lowest BCUT2D eigenvalue weighted by Gasteiger charge is -2.23. The van der Waals surface area contributed by atoms with E-state index in [-0.39, 0.29) is 5.56 Å². The number of hydrogen-bond donors (Lipinski definition) is 3. The first-order chi connectivity index (χ1) is 15.4. The zero-order valence-corrected chi connectivity index (χ0v) is 17.9. The molecule has 3 N–H and O–H groups in total. The molecule has 5 rings (SSSR count). The van der Waals surface area contributed by atoms with Gasteiger partial charge >= 0.3 is 0 Å². The Morgan fingerprint density at radius 2 is 1.94 bits per heavy atom. The fraction of sp³-hybridized carbons (Fsp3) is 0.240. The molecule has 1 amide bonds. The number of carbonyl (C=O) groups excluding carboxylic acids is 1. The van der Waals surface area contributed by atoms with Gasteiger partial charge in [-0.05, 0) is 48.9 Å². The van der Waals surface area contributed by atoms with Crippen molar-refractivity contribution in [3.8, 4) is 11.3 Å². The minimum atomic E-state index is -1.71. The van der Waals surface area contributed by atoms with Crippen LogP contribution >= 0.6 is 0 Å². The molecule has 1 atom stereocenters. The number of anilines is 1. The molecule has 0 radical (unpaired) electrons. The van der Waals surface area contributed by atoms with Crippen LogP contribution in [0.1, 0.15) is 36.8 Å². The molecule has 1 aliphatic rings. The van der Waals surface area contributed by atoms with Gasteiger partial charge in [0.25, 0.3) is 11.5 Å². The molecule has 32 heavy (non-hydrogen) atoms. The van der Waals surface area contributed by atoms with E-state index in [0.29, 0.717) is 22.8 Å². The molecule has 1 fully saturated rings. The van der Waals surface area contributed by atoms with Crippen LogP contribution in [-0.4, -0.2) is 25.5 Å². The Hall–Kier alpha value is -3.71. The third-order valence-electron chi connectivity index (χ3n) is 6.11. The van der Waals surface area contributed by atoms with E-state index in [1.807, 2.05) is 18.2 Å². The van der Waals surface area contributed by atoms with Gasteiger partial charge in [-0.15, -0.1) is 0 Å². The number of pyridine rings is 2. The summed E-state index contributed by atoms with van der Waals surface area (Å²) < 4.78 is 1.54. The van der Waals surface area contributed by atoms with Crippen molar-refractivity contribution in [2.75, 3.05) is 5.32 Å². The number of benzene rings is 1. The number of amides is 1. The quantitative estimate of drug-likeness (QED) is 0.452. The number of nitrogens with zero attached hydrogens (tertiary/aromatic N) is 2. The molecule has 0 aliphatic heterocycles. The maximum Gasteiger partial charge on any atom is 0.274 e. The van der Waals surface area contributed by atoms with Crippen LogP contribution in [0.15, 0.2) is 65.7 Å². The molecule has 0 bridgehead atoms. The Morgan fingerprint density at radius 1 is 1.19 bits per heavy atom. The Kier molecular flexibility index (Phi) is 4.71. The fourth-order valence-electron chi connectivity index (χ4n) is 4.07. The molecule has 0 spiro atoms. The number of aryl methyl sites for hydroxylation is 1. The van der Waals surface area contributed by atoms with Crippen LogP contribution in [0.4, 0.5) is 5.82 Å². The Balaban J connectivity index is 1.57. The van der Waals surface area contributed by atoms with Gasteiger partial charge in [0.1, 0.15) is 11.3 Å². The van der Waals surface area contributed by atoms with Crippen LogP contribution in [-0.2, 0) is 17.4 Å². The van der Waals surface area contributed by atoms with Crippen molar-refractivity contribution in [1.82, 2.24) is 14.5 Å². The van der Waals surface area contributed by atoms with Gasteiger partial charge in [0.15, 0.2) is 5.60 Å². The number of aromatic amines is 1. The highest BCUT2D eigenvalue weighted by Gasteiger charge is 2.33. The van der Waals surface area contributed by atoms with Crippen molar-refractivity contribution in [3.05, 3.63) is 82.4 Å². The number of aliphatic hydroxyl groups is 1. The molecule has 1 aromatic carbocycles. The van der Waals surface area contributed by atoms with E-state index < -0.39 is 11.5 Å². The lowest BCUT2D eigenvalue weighted by Crippen LogP contribution is -2.37. The Morgan fingerprint density at radius 3 is 2.66 bits per heavy atom. The molecule has 3 aromatic heterocycles. The van der Waals surface area contributed by atoms with Crippen molar-refractivity contribution >= 4 is 22.6 Å². The first-order valence-electron chi connectivity index (χ1n) is 10.6. The second-order valence-electron chi connectivity index (χ2n) is 8.53. The summed E-state index contributed by atoms with van der Waals surface area (Å²) in [6.45, 7) is 1.47. The van der Waals surface area contributed by atoms with E-state index in [9.17, 15) is 14.7 Å². The topological polar surface area (TPSA) is 100 Å². The highest BCUT2D eigenvalue weighted by atomic mass is 16.3. The molecule has 1 unspecified atom stereocenters. The smallest absolute Gasteiger partial charge is 0.274 e. The SMILES string of the molecule is Cn1cc(-c2nc(NC(=O)C(C)(O)c3ccccc3)ccc2C2CC2)c2cc[nH]c2c1=O. The van der Waals surface area contributed by atoms with E-state index in [0.717, 1.165) is 35.0 Å². The lowest BCUT2D eigenvalue weighted by molar-refractivity contribution is -0.133. The molecule has 7 heteroatoms. The standard InChI is InChI=1S/C25H24N4O3/c1-25(32,16-6-4-3-5-7-16)24(31)28-20-11-10-17(15-8-9-15)21(27-20)19-14-29(2)23(30)22-18(19)12-13-26-22/h3-7,10-15,26,32H,8-9H2,1-2H3,(H,27,28,31). The average Bonchev–Trinajstić information content (AvgIpc) is 3.52. The average molecular weight is 428 g/mol. The third kappa shape index (κ3) is 3.40. The summed E-state index contributed by atoms with van der Waals surface area (Å²) in [6.07, 6.45) is 5.71. The van der Waals surface area contributed by atoms with Gasteiger partial charge in [-0.2, -0.15) is 0 Å². The van der Waals surface area contributed by atoms with Crippen molar-refractivity contribution < 1.29 is 9.90 Å². The van der Waals surface area contributed by atoms with Gasteiger partial charge in [-0.1, -0.05) is 36.4 Å². The van der Waals surface area contributed by atoms with Crippen LogP contribution in [0.25, 0.3) is 22.2 Å². The minimum Gasteiger partial charge on any atom is -0.376 e. The summed E-state index contributed by atoms with van der Waals surface area (Å²) in [5, 5.41) is 14.4. The van der Waals surface area contributed by atoms with E-state index in [1.165, 1.54) is 11.5 Å². The third-order valence-corrected chi connectivity index (χ3v) is 6.11. The number of nitrogens with one attached hydrogen (secondary N) is 2. The van der Waals surface area contributed by atoms with Gasteiger partial charge in [0.05, 0.1) is 5.69 Å². The fourth-order valence-corrected chi connectivity index (χ4v) is 4.07. The van der Waals surface area contributed by atoms with Gasteiger partial charge in [-0.3, -0.25) is 9.59 Å². The predicted octanol–water partition coefficient (Wildman–Crippen LogP) is 3.65. The maximum absolute atomic E-state index is 12.9. The number of rotatable bonds is 5. The van der Waals surface area contributed by atoms with E-state index in [4.69, 9.17) is 4.98 Å². The molecule has 7 nitrogen and oxygen atoms in total. The monoisotopic (exact) mass is 428 g/mol. The predicted molar refractivity (Wildman–Crippen MR) is 123 cm³/mol. The first-order valence-corrected chi connectivity index (χ1v) is 10.6. The highest BCUT2D eigenvalue weighted by Crippen LogP contribution is 2.45. The molecule has 1 aliphatic carbocycles. The highest BCUT2D eigenvalue weighted by molar-refractivity contribution is 5.98. The summed E-state index contributed by atoms with van der Waals surface area (Å²) in [6, 6.07) is 14.4. The van der Waals surface area contributed by atoms with Crippen LogP contribution in [0, 0.1) is 0 Å². The van der Waals surface area contributed by atoms with E-state index in [1.54, 1.807) is 49.8 Å². The molecule has 0 saturated heterocycles. The molecule has 162 valence electrons. The normalized spacial score (nSPS) is 15.5. The van der Waals surface area contributed by atoms with Crippen molar-refractivity contribution in [3.63, 3.8) is 0 Å². The van der Waals surface area contributed by atoms with Crippen LogP contribution in [0.3, 0.4) is 0 Å². The number of hydrogen-bond acceptors (Lipinski definition) is 4. The number of aromatic nitrogens is 3. The number of fused-ring (bicyclic) bond motifs is 1. The zero-order valence-electron chi connectivity index (χ0n) is 17.9. The minimum absolute atomic E-state index is 0.106. The van der Waals surface area contributed by atoms with Crippen LogP contribution in [0.5, 0.6) is 0 Å². The molecular formula is C25H24N4O3. The lowest BCUT2D eigenvalue weighted by atomic mass is 9.95. The Labute approximate surface area is 184 Å². The second-order valence-corrected chi connectivity index (χ2v) is 8.53. The summed E-state index contributed by atoms with van der Waals surface area (Å²) in [4.78, 5) is 33.2. The summed E-state index contributed by atoms with van der Waals surface area (Å²) in [7, 11) is 1.71. The zero-order chi connectivity index (χ0) is 22.5. The van der Waals surface area contributed by atoms with Crippen molar-refractivity contribution in [1.29, 1.82) is 0 Å². The molecule has 3 heterocycles. The first kappa shape index (κ1) is 20.2. The summed E-state index contributed by atoms with van der Waals surface area (Å²) in [5.41, 5.74) is 1.88. The van der Waals surface area contributed by atoms with Crippen molar-refractivity contribution in [2.45, 2.75) is 31.3 Å². The van der Waals surface area contributed by atoms with E-state index in [2.05, 4.69) is 10.3 Å². The second kappa shape index (κ2) is 7.46. The van der Waals surface area contributed by atoms with Gasteiger partial charge in [-0.25, -0.2) is 4.98 Å². The van der Waals surface area contributed by atoms with Crippen LogP contribution in [0.2, 0.25) is 0 Å². The Bertz CT molecular complexity index is 1380.